The number of piperazine rings is 1. The lowest BCUT2D eigenvalue weighted by atomic mass is 10.2. The van der Waals surface area contributed by atoms with Crippen molar-refractivity contribution in [1.29, 1.82) is 0 Å². The highest BCUT2D eigenvalue weighted by molar-refractivity contribution is 5.74. The van der Waals surface area contributed by atoms with Gasteiger partial charge in [-0.3, -0.25) is 4.90 Å². The SMILES string of the molecule is CN(C)c1cc(CNC(=O)N2CCN(C[C@@H]3CCCO3)CC2)ccn1. The molecule has 1 aromatic rings. The maximum atomic E-state index is 12.4. The summed E-state index contributed by atoms with van der Waals surface area (Å²) < 4.78 is 5.70. The predicted molar refractivity (Wildman–Crippen MR) is 97.8 cm³/mol. The van der Waals surface area contributed by atoms with Gasteiger partial charge in [-0.05, 0) is 30.5 Å². The van der Waals surface area contributed by atoms with E-state index in [2.05, 4.69) is 15.2 Å². The third-order valence-corrected chi connectivity index (χ3v) is 4.86. The molecule has 1 aromatic heterocycles. The molecule has 0 saturated carbocycles. The van der Waals surface area contributed by atoms with Crippen LogP contribution in [0.3, 0.4) is 0 Å². The van der Waals surface area contributed by atoms with Crippen molar-refractivity contribution >= 4 is 11.8 Å². The van der Waals surface area contributed by atoms with Gasteiger partial charge in [0, 0.05) is 66.2 Å². The summed E-state index contributed by atoms with van der Waals surface area (Å²) in [4.78, 5) is 22.9. The number of carbonyl (C=O) groups is 1. The zero-order valence-electron chi connectivity index (χ0n) is 15.3. The van der Waals surface area contributed by atoms with Crippen LogP contribution in [0.15, 0.2) is 18.3 Å². The molecule has 1 N–H and O–H groups in total. The van der Waals surface area contributed by atoms with Crippen LogP contribution in [0, 0.1) is 0 Å². The van der Waals surface area contributed by atoms with Crippen molar-refractivity contribution in [2.24, 2.45) is 0 Å². The fourth-order valence-corrected chi connectivity index (χ4v) is 3.31. The molecule has 2 aliphatic heterocycles. The van der Waals surface area contributed by atoms with Crippen molar-refractivity contribution in [3.63, 3.8) is 0 Å². The van der Waals surface area contributed by atoms with Gasteiger partial charge in [-0.25, -0.2) is 9.78 Å². The van der Waals surface area contributed by atoms with Gasteiger partial charge in [0.05, 0.1) is 6.10 Å². The first-order chi connectivity index (χ1) is 12.1. The summed E-state index contributed by atoms with van der Waals surface area (Å²) in [5.74, 6) is 0.898. The second kappa shape index (κ2) is 8.49. The Morgan fingerprint density at radius 3 is 2.84 bits per heavy atom. The number of ether oxygens (including phenoxy) is 1. The molecule has 7 heteroatoms. The minimum absolute atomic E-state index is 0.0139. The van der Waals surface area contributed by atoms with Crippen LogP contribution in [0.5, 0.6) is 0 Å². The van der Waals surface area contributed by atoms with Crippen LogP contribution < -0.4 is 10.2 Å². The van der Waals surface area contributed by atoms with Gasteiger partial charge in [0.2, 0.25) is 0 Å². The number of nitrogens with one attached hydrogen (secondary N) is 1. The maximum absolute atomic E-state index is 12.4. The average molecular weight is 347 g/mol. The van der Waals surface area contributed by atoms with Crippen molar-refractivity contribution in [3.8, 4) is 0 Å². The third-order valence-electron chi connectivity index (χ3n) is 4.86. The molecule has 2 saturated heterocycles. The summed E-state index contributed by atoms with van der Waals surface area (Å²) >= 11 is 0. The highest BCUT2D eigenvalue weighted by atomic mass is 16.5. The van der Waals surface area contributed by atoms with Crippen molar-refractivity contribution in [2.75, 3.05) is 58.3 Å². The van der Waals surface area contributed by atoms with Crippen LogP contribution >= 0.6 is 0 Å². The fraction of sp³-hybridized carbons (Fsp3) is 0.667. The van der Waals surface area contributed by atoms with Gasteiger partial charge in [0.25, 0.3) is 0 Å². The smallest absolute Gasteiger partial charge is 0.317 e. The van der Waals surface area contributed by atoms with Crippen LogP contribution in [-0.2, 0) is 11.3 Å². The Balaban J connectivity index is 1.41. The van der Waals surface area contributed by atoms with Gasteiger partial charge in [-0.15, -0.1) is 0 Å². The number of anilines is 1. The van der Waals surface area contributed by atoms with E-state index in [1.54, 1.807) is 6.20 Å². The van der Waals surface area contributed by atoms with Crippen LogP contribution in [0.1, 0.15) is 18.4 Å². The van der Waals surface area contributed by atoms with Crippen molar-refractivity contribution < 1.29 is 9.53 Å². The van der Waals surface area contributed by atoms with Gasteiger partial charge in [-0.1, -0.05) is 0 Å². The van der Waals surface area contributed by atoms with E-state index in [4.69, 9.17) is 4.74 Å². The molecule has 0 aromatic carbocycles. The summed E-state index contributed by atoms with van der Waals surface area (Å²) in [6.07, 6.45) is 4.51. The second-order valence-electron chi connectivity index (χ2n) is 7.00. The highest BCUT2D eigenvalue weighted by Gasteiger charge is 2.24. The van der Waals surface area contributed by atoms with Crippen molar-refractivity contribution in [3.05, 3.63) is 23.9 Å². The number of urea groups is 1. The standard InChI is InChI=1S/C18H29N5O2/c1-21(2)17-12-15(5-6-19-17)13-20-18(24)23-9-7-22(8-10-23)14-16-4-3-11-25-16/h5-6,12,16H,3-4,7-11,13-14H2,1-2H3,(H,20,24)/t16-/m0/s1. The molecule has 0 aliphatic carbocycles. The molecule has 1 atom stereocenters. The lowest BCUT2D eigenvalue weighted by Gasteiger charge is -2.35. The molecule has 25 heavy (non-hydrogen) atoms. The van der Waals surface area contributed by atoms with Crippen molar-refractivity contribution in [2.45, 2.75) is 25.5 Å². The number of aromatic nitrogens is 1. The van der Waals surface area contributed by atoms with Crippen molar-refractivity contribution in [1.82, 2.24) is 20.1 Å². The summed E-state index contributed by atoms with van der Waals surface area (Å²) in [5.41, 5.74) is 1.06. The first-order valence-electron chi connectivity index (χ1n) is 9.11. The van der Waals surface area contributed by atoms with E-state index < -0.39 is 0 Å². The number of hydrogen-bond acceptors (Lipinski definition) is 5. The van der Waals surface area contributed by atoms with E-state index in [1.807, 2.05) is 36.0 Å². The van der Waals surface area contributed by atoms with Gasteiger partial charge in [0.15, 0.2) is 0 Å². The van der Waals surface area contributed by atoms with Crippen LogP contribution in [0.4, 0.5) is 10.6 Å². The number of carbonyl (C=O) groups excluding carboxylic acids is 1. The van der Waals surface area contributed by atoms with E-state index in [0.717, 1.165) is 50.7 Å². The molecule has 138 valence electrons. The molecule has 7 nitrogen and oxygen atoms in total. The van der Waals surface area contributed by atoms with E-state index in [9.17, 15) is 4.79 Å². The lowest BCUT2D eigenvalue weighted by Crippen LogP contribution is -2.52. The third kappa shape index (κ3) is 5.06. The predicted octanol–water partition coefficient (Wildman–Crippen LogP) is 1.15. The monoisotopic (exact) mass is 347 g/mol. The molecule has 3 heterocycles. The summed E-state index contributed by atoms with van der Waals surface area (Å²) in [5, 5.41) is 3.02. The van der Waals surface area contributed by atoms with Gasteiger partial charge in [-0.2, -0.15) is 0 Å². The van der Waals surface area contributed by atoms with E-state index in [1.165, 1.54) is 12.8 Å². The zero-order valence-corrected chi connectivity index (χ0v) is 15.3. The van der Waals surface area contributed by atoms with Gasteiger partial charge >= 0.3 is 6.03 Å². The fourth-order valence-electron chi connectivity index (χ4n) is 3.31. The second-order valence-corrected chi connectivity index (χ2v) is 7.00. The van der Waals surface area contributed by atoms with E-state index in [-0.39, 0.29) is 6.03 Å². The molecule has 2 fully saturated rings. The Kier molecular flexibility index (Phi) is 6.09. The largest absolute Gasteiger partial charge is 0.377 e. The molecule has 3 rings (SSSR count). The van der Waals surface area contributed by atoms with Gasteiger partial charge in [0.1, 0.15) is 5.82 Å². The van der Waals surface area contributed by atoms with E-state index >= 15 is 0 Å². The number of nitrogens with zero attached hydrogens (tertiary/aromatic N) is 4. The number of amides is 2. The van der Waals surface area contributed by atoms with Gasteiger partial charge < -0.3 is 19.9 Å². The molecule has 2 amide bonds. The number of hydrogen-bond donors (Lipinski definition) is 1. The average Bonchev–Trinajstić information content (AvgIpc) is 3.13. The lowest BCUT2D eigenvalue weighted by molar-refractivity contribution is 0.0561. The number of rotatable bonds is 5. The zero-order chi connectivity index (χ0) is 17.6. The molecule has 0 radical (unpaired) electrons. The summed E-state index contributed by atoms with van der Waals surface area (Å²) in [6.45, 7) is 5.83. The molecule has 0 unspecified atom stereocenters. The summed E-state index contributed by atoms with van der Waals surface area (Å²) in [7, 11) is 3.92. The molecular weight excluding hydrogens is 318 g/mol. The molecule has 2 aliphatic rings. The maximum Gasteiger partial charge on any atom is 0.317 e. The molecular formula is C18H29N5O2. The van der Waals surface area contributed by atoms with E-state index in [0.29, 0.717) is 12.6 Å². The minimum Gasteiger partial charge on any atom is -0.377 e. The summed E-state index contributed by atoms with van der Waals surface area (Å²) in [6, 6.07) is 3.95. The Morgan fingerprint density at radius 1 is 1.36 bits per heavy atom. The molecule has 0 bridgehead atoms. The van der Waals surface area contributed by atoms with Crippen LogP contribution in [0.25, 0.3) is 0 Å². The Hall–Kier alpha value is -1.86. The Morgan fingerprint density at radius 2 is 2.16 bits per heavy atom. The normalized spacial score (nSPS) is 21.4. The first kappa shape index (κ1) is 17.9. The van der Waals surface area contributed by atoms with Crippen LogP contribution in [-0.4, -0.2) is 80.3 Å². The quantitative estimate of drug-likeness (QED) is 0.866. The number of pyridine rings is 1. The Bertz CT molecular complexity index is 566. The molecule has 0 spiro atoms. The first-order valence-corrected chi connectivity index (χ1v) is 9.11. The minimum atomic E-state index is 0.0139. The topological polar surface area (TPSA) is 60.9 Å². The highest BCUT2D eigenvalue weighted by Crippen LogP contribution is 2.14. The Labute approximate surface area is 149 Å². The van der Waals surface area contributed by atoms with Crippen LogP contribution in [0.2, 0.25) is 0 Å².